The van der Waals surface area contributed by atoms with Gasteiger partial charge < -0.3 is 9.64 Å². The molecule has 4 heteroatoms. The number of amides is 1. The Morgan fingerprint density at radius 1 is 1.27 bits per heavy atom. The average molecular weight is 320 g/mol. The van der Waals surface area contributed by atoms with Crippen LogP contribution in [0, 0.1) is 0 Å². The molecule has 2 fully saturated rings. The summed E-state index contributed by atoms with van der Waals surface area (Å²) < 4.78 is 5.85. The van der Waals surface area contributed by atoms with Gasteiger partial charge in [0.25, 0.3) is 0 Å². The minimum absolute atomic E-state index is 0.134. The number of hydrogen-bond donors (Lipinski definition) is 0. The number of carbonyl (C=O) groups is 1. The summed E-state index contributed by atoms with van der Waals surface area (Å²) in [6.07, 6.45) is 6.71. The van der Waals surface area contributed by atoms with Crippen molar-refractivity contribution in [1.82, 2.24) is 4.90 Å². The third kappa shape index (κ3) is 3.36. The first kappa shape index (κ1) is 15.6. The van der Waals surface area contributed by atoms with Crippen LogP contribution in [0.15, 0.2) is 29.8 Å². The fourth-order valence-corrected chi connectivity index (χ4v) is 3.57. The minimum atomic E-state index is 0.134. The highest BCUT2D eigenvalue weighted by Crippen LogP contribution is 2.29. The topological polar surface area (TPSA) is 29.5 Å². The number of benzene rings is 1. The second-order valence-corrected chi connectivity index (χ2v) is 6.57. The van der Waals surface area contributed by atoms with Gasteiger partial charge in [-0.3, -0.25) is 4.79 Å². The summed E-state index contributed by atoms with van der Waals surface area (Å²) in [7, 11) is 0. The molecular weight excluding hydrogens is 298 g/mol. The predicted octanol–water partition coefficient (Wildman–Crippen LogP) is 3.91. The summed E-state index contributed by atoms with van der Waals surface area (Å²) in [4.78, 5) is 14.8. The smallest absolute Gasteiger partial charge is 0.249 e. The van der Waals surface area contributed by atoms with E-state index in [1.54, 1.807) is 0 Å². The van der Waals surface area contributed by atoms with E-state index in [0.29, 0.717) is 18.2 Å². The zero-order valence-corrected chi connectivity index (χ0v) is 13.7. The summed E-state index contributed by atoms with van der Waals surface area (Å²) in [5.74, 6) is 0.134. The van der Waals surface area contributed by atoms with Crippen LogP contribution in [0.1, 0.15) is 38.2 Å². The van der Waals surface area contributed by atoms with Crippen molar-refractivity contribution in [3.63, 3.8) is 0 Å². The summed E-state index contributed by atoms with van der Waals surface area (Å²) >= 11 is 5.90. The third-order valence-corrected chi connectivity index (χ3v) is 4.84. The largest absolute Gasteiger partial charge is 0.374 e. The zero-order chi connectivity index (χ0) is 15.5. The van der Waals surface area contributed by atoms with Gasteiger partial charge in [0.2, 0.25) is 5.91 Å². The number of fused-ring (bicyclic) bond motifs is 1. The van der Waals surface area contributed by atoms with Crippen molar-refractivity contribution < 1.29 is 9.53 Å². The Morgan fingerprint density at radius 3 is 2.77 bits per heavy atom. The van der Waals surface area contributed by atoms with Crippen LogP contribution in [0.3, 0.4) is 0 Å². The molecule has 1 saturated carbocycles. The van der Waals surface area contributed by atoms with E-state index in [9.17, 15) is 4.79 Å². The van der Waals surface area contributed by atoms with E-state index in [0.717, 1.165) is 24.0 Å². The Balaban J connectivity index is 1.75. The van der Waals surface area contributed by atoms with Gasteiger partial charge in [-0.25, -0.2) is 0 Å². The molecule has 2 aliphatic rings. The fraction of sp³-hybridized carbons (Fsp3) is 0.500. The number of halogens is 1. The van der Waals surface area contributed by atoms with Crippen molar-refractivity contribution in [2.75, 3.05) is 13.2 Å². The van der Waals surface area contributed by atoms with E-state index in [4.69, 9.17) is 16.3 Å². The van der Waals surface area contributed by atoms with Gasteiger partial charge in [0.05, 0.1) is 18.8 Å². The summed E-state index contributed by atoms with van der Waals surface area (Å²) in [5.41, 5.74) is 1.78. The Kier molecular flexibility index (Phi) is 4.84. The molecule has 0 bridgehead atoms. The molecule has 0 N–H and O–H groups in total. The summed E-state index contributed by atoms with van der Waals surface area (Å²) in [6.45, 7) is 3.25. The maximum Gasteiger partial charge on any atom is 0.249 e. The molecule has 118 valence electrons. The Labute approximate surface area is 136 Å². The van der Waals surface area contributed by atoms with Gasteiger partial charge in [-0.05, 0) is 43.5 Å². The van der Waals surface area contributed by atoms with Crippen LogP contribution in [0.5, 0.6) is 0 Å². The maximum atomic E-state index is 12.8. The molecule has 1 aromatic rings. The zero-order valence-electron chi connectivity index (χ0n) is 12.9. The van der Waals surface area contributed by atoms with Crippen molar-refractivity contribution in [1.29, 1.82) is 0 Å². The first-order valence-electron chi connectivity index (χ1n) is 8.01. The predicted molar refractivity (Wildman–Crippen MR) is 88.8 cm³/mol. The molecule has 22 heavy (non-hydrogen) atoms. The number of nitrogens with zero attached hydrogens (tertiary/aromatic N) is 1. The molecule has 1 amide bonds. The minimum Gasteiger partial charge on any atom is -0.374 e. The molecule has 1 aliphatic heterocycles. The van der Waals surface area contributed by atoms with Crippen LogP contribution in [0.25, 0.3) is 6.08 Å². The van der Waals surface area contributed by atoms with E-state index >= 15 is 0 Å². The molecule has 3 nitrogen and oxygen atoms in total. The number of ether oxygens (including phenoxy) is 1. The molecule has 0 aromatic heterocycles. The second kappa shape index (κ2) is 6.84. The molecule has 0 radical (unpaired) electrons. The third-order valence-electron chi connectivity index (χ3n) is 4.58. The lowest BCUT2D eigenvalue weighted by Crippen LogP contribution is -2.55. The highest BCUT2D eigenvalue weighted by Gasteiger charge is 2.36. The summed E-state index contributed by atoms with van der Waals surface area (Å²) in [6, 6.07) is 7.81. The molecule has 3 rings (SSSR count). The van der Waals surface area contributed by atoms with Crippen LogP contribution in [0.4, 0.5) is 0 Å². The van der Waals surface area contributed by atoms with E-state index in [-0.39, 0.29) is 18.1 Å². The number of hydrogen-bond acceptors (Lipinski definition) is 2. The number of morpholine rings is 1. The number of rotatable bonds is 2. The lowest BCUT2D eigenvalue weighted by Gasteiger charge is -2.44. The molecular formula is C18H22ClNO2. The monoisotopic (exact) mass is 319 g/mol. The lowest BCUT2D eigenvalue weighted by atomic mass is 9.89. The van der Waals surface area contributed by atoms with Crippen molar-refractivity contribution in [3.05, 3.63) is 40.4 Å². The van der Waals surface area contributed by atoms with E-state index in [1.165, 1.54) is 12.8 Å². The maximum absolute atomic E-state index is 12.8. The van der Waals surface area contributed by atoms with Crippen molar-refractivity contribution >= 4 is 23.6 Å². The first-order valence-corrected chi connectivity index (χ1v) is 8.39. The normalized spacial score (nSPS) is 25.7. The molecule has 0 spiro atoms. The lowest BCUT2D eigenvalue weighted by molar-refractivity contribution is -0.145. The molecule has 2 atom stereocenters. The Bertz CT molecular complexity index is 565. The van der Waals surface area contributed by atoms with E-state index in [2.05, 4.69) is 0 Å². The van der Waals surface area contributed by atoms with Gasteiger partial charge in [0.15, 0.2) is 0 Å². The van der Waals surface area contributed by atoms with Gasteiger partial charge in [0.1, 0.15) is 0 Å². The molecule has 1 aliphatic carbocycles. The van der Waals surface area contributed by atoms with Crippen molar-refractivity contribution in [2.24, 2.45) is 0 Å². The van der Waals surface area contributed by atoms with Gasteiger partial charge in [-0.15, -0.1) is 0 Å². The highest BCUT2D eigenvalue weighted by molar-refractivity contribution is 6.30. The quantitative estimate of drug-likeness (QED) is 0.773. The summed E-state index contributed by atoms with van der Waals surface area (Å²) in [5, 5.41) is 0.708. The molecule has 1 heterocycles. The van der Waals surface area contributed by atoms with Crippen molar-refractivity contribution in [2.45, 2.75) is 44.8 Å². The van der Waals surface area contributed by atoms with Gasteiger partial charge in [-0.1, -0.05) is 36.6 Å². The SMILES string of the molecule is C/C(=C\c1ccc(Cl)cc1)C(=O)N1CCOC2CCCCC21. The van der Waals surface area contributed by atoms with E-state index in [1.807, 2.05) is 42.2 Å². The van der Waals surface area contributed by atoms with Gasteiger partial charge in [0, 0.05) is 17.1 Å². The van der Waals surface area contributed by atoms with Crippen LogP contribution in [-0.2, 0) is 9.53 Å². The van der Waals surface area contributed by atoms with Crippen LogP contribution in [-0.4, -0.2) is 36.1 Å². The average Bonchev–Trinajstić information content (AvgIpc) is 2.55. The van der Waals surface area contributed by atoms with Gasteiger partial charge >= 0.3 is 0 Å². The van der Waals surface area contributed by atoms with E-state index < -0.39 is 0 Å². The second-order valence-electron chi connectivity index (χ2n) is 6.14. The Morgan fingerprint density at radius 2 is 2.00 bits per heavy atom. The first-order chi connectivity index (χ1) is 10.6. The fourth-order valence-electron chi connectivity index (χ4n) is 3.45. The molecule has 2 unspecified atom stereocenters. The van der Waals surface area contributed by atoms with Crippen LogP contribution in [0.2, 0.25) is 5.02 Å². The van der Waals surface area contributed by atoms with Crippen molar-refractivity contribution in [3.8, 4) is 0 Å². The standard InChI is InChI=1S/C18H22ClNO2/c1-13(12-14-6-8-15(19)9-7-14)18(21)20-10-11-22-17-5-3-2-4-16(17)20/h6-9,12,16-17H,2-5,10-11H2,1H3/b13-12+. The molecule has 1 saturated heterocycles. The Hall–Kier alpha value is -1.32. The highest BCUT2D eigenvalue weighted by atomic mass is 35.5. The molecule has 1 aromatic carbocycles. The van der Waals surface area contributed by atoms with Crippen LogP contribution >= 0.6 is 11.6 Å². The van der Waals surface area contributed by atoms with Gasteiger partial charge in [-0.2, -0.15) is 0 Å². The van der Waals surface area contributed by atoms with Crippen LogP contribution < -0.4 is 0 Å². The number of carbonyl (C=O) groups excluding carboxylic acids is 1.